The van der Waals surface area contributed by atoms with Crippen LogP contribution in [0.25, 0.3) is 0 Å². The topological polar surface area (TPSA) is 0 Å². The number of hydrogen-bond donors (Lipinski definition) is 0. The predicted molar refractivity (Wildman–Crippen MR) is 45.7 cm³/mol. The van der Waals surface area contributed by atoms with Gasteiger partial charge >= 0.3 is 0 Å². The predicted octanol–water partition coefficient (Wildman–Crippen LogP) is 2.75. The molecule has 0 bridgehead atoms. The van der Waals surface area contributed by atoms with Crippen molar-refractivity contribution in [2.45, 2.75) is 37.8 Å². The fourth-order valence-corrected chi connectivity index (χ4v) is 1.57. The van der Waals surface area contributed by atoms with E-state index >= 15 is 0 Å². The summed E-state index contributed by atoms with van der Waals surface area (Å²) in [6.45, 7) is 0. The van der Waals surface area contributed by atoms with Gasteiger partial charge in [-0.15, -0.1) is 9.24 Å². The Bertz CT molecular complexity index is 96.7. The van der Waals surface area contributed by atoms with Crippen molar-refractivity contribution in [2.24, 2.45) is 0 Å². The minimum Gasteiger partial charge on any atom is -0.134 e. The van der Waals surface area contributed by atoms with E-state index in [-0.39, 0.29) is 0 Å². The minimum absolute atomic E-state index is 0.849. The Kier molecular flexibility index (Phi) is 3.28. The molecule has 0 heterocycles. The molecule has 0 saturated heterocycles. The van der Waals surface area contributed by atoms with Crippen molar-refractivity contribution in [3.05, 3.63) is 12.2 Å². The molecule has 0 saturated carbocycles. The zero-order valence-corrected chi connectivity index (χ0v) is 7.00. The smallest absolute Gasteiger partial charge is 0.0230 e. The van der Waals surface area contributed by atoms with Crippen molar-refractivity contribution in [2.75, 3.05) is 0 Å². The van der Waals surface area contributed by atoms with E-state index < -0.39 is 0 Å². The summed E-state index contributed by atoms with van der Waals surface area (Å²) in [5.74, 6) is 0. The normalized spacial score (nSPS) is 32.8. The number of rotatable bonds is 0. The second-order valence-electron chi connectivity index (χ2n) is 2.75. The quantitative estimate of drug-likeness (QED) is 0.360. The number of allylic oxidation sites excluding steroid dienone is 2. The van der Waals surface area contributed by atoms with E-state index in [0.29, 0.717) is 0 Å². The van der Waals surface area contributed by atoms with E-state index in [4.69, 9.17) is 0 Å². The van der Waals surface area contributed by atoms with Gasteiger partial charge in [-0.3, -0.25) is 0 Å². The highest BCUT2D eigenvalue weighted by atomic mass is 31.0. The summed E-state index contributed by atoms with van der Waals surface area (Å²) in [6.07, 6.45) is 11.4. The van der Waals surface area contributed by atoms with Crippen LogP contribution in [0.4, 0.5) is 0 Å². The van der Waals surface area contributed by atoms with Crippen LogP contribution < -0.4 is 0 Å². The molecule has 0 radical (unpaired) electrons. The SMILES string of the molecule is PC1C/C=C\CCCC1. The molecule has 0 nitrogen and oxygen atoms in total. The largest absolute Gasteiger partial charge is 0.134 e. The van der Waals surface area contributed by atoms with Gasteiger partial charge < -0.3 is 0 Å². The third kappa shape index (κ3) is 3.01. The van der Waals surface area contributed by atoms with Crippen molar-refractivity contribution < 1.29 is 0 Å². The molecule has 0 aromatic heterocycles. The third-order valence-electron chi connectivity index (χ3n) is 1.80. The zero-order valence-electron chi connectivity index (χ0n) is 5.84. The zero-order chi connectivity index (χ0) is 6.53. The molecule has 2 atom stereocenters. The highest BCUT2D eigenvalue weighted by Crippen LogP contribution is 2.17. The molecular formula is C8H15P. The Morgan fingerprint density at radius 3 is 3.00 bits per heavy atom. The summed E-state index contributed by atoms with van der Waals surface area (Å²) in [6, 6.07) is 0. The van der Waals surface area contributed by atoms with Gasteiger partial charge in [-0.05, 0) is 31.3 Å². The Labute approximate surface area is 59.9 Å². The minimum atomic E-state index is 0.849. The van der Waals surface area contributed by atoms with Gasteiger partial charge in [0, 0.05) is 0 Å². The first-order valence-electron chi connectivity index (χ1n) is 3.80. The molecule has 2 unspecified atom stereocenters. The monoisotopic (exact) mass is 142 g/mol. The van der Waals surface area contributed by atoms with Gasteiger partial charge in [-0.25, -0.2) is 0 Å². The van der Waals surface area contributed by atoms with Crippen LogP contribution in [0.5, 0.6) is 0 Å². The molecule has 9 heavy (non-hydrogen) atoms. The lowest BCUT2D eigenvalue weighted by Gasteiger charge is -2.09. The fraction of sp³-hybridized carbons (Fsp3) is 0.750. The van der Waals surface area contributed by atoms with E-state index in [2.05, 4.69) is 21.4 Å². The third-order valence-corrected chi connectivity index (χ3v) is 2.41. The van der Waals surface area contributed by atoms with Crippen LogP contribution in [0.3, 0.4) is 0 Å². The van der Waals surface area contributed by atoms with E-state index in [0.717, 1.165) is 5.66 Å². The second kappa shape index (κ2) is 4.06. The molecule has 0 aromatic rings. The molecule has 0 aromatic carbocycles. The first-order chi connectivity index (χ1) is 4.39. The Balaban J connectivity index is 2.28. The Morgan fingerprint density at radius 2 is 2.11 bits per heavy atom. The van der Waals surface area contributed by atoms with E-state index in [9.17, 15) is 0 Å². The molecule has 0 amide bonds. The van der Waals surface area contributed by atoms with Crippen LogP contribution in [0.1, 0.15) is 32.1 Å². The van der Waals surface area contributed by atoms with Gasteiger partial charge in [0.25, 0.3) is 0 Å². The number of hydrogen-bond acceptors (Lipinski definition) is 0. The highest BCUT2D eigenvalue weighted by Gasteiger charge is 2.00. The fourth-order valence-electron chi connectivity index (χ4n) is 1.18. The standard InChI is InChI=1S/C8H15P/c9-8-6-4-2-1-3-5-7-8/h2,4,8H,1,3,5-7,9H2/b4-2-. The van der Waals surface area contributed by atoms with Gasteiger partial charge in [-0.2, -0.15) is 0 Å². The van der Waals surface area contributed by atoms with Gasteiger partial charge in [0.2, 0.25) is 0 Å². The second-order valence-corrected chi connectivity index (χ2v) is 3.69. The van der Waals surface area contributed by atoms with Crippen molar-refractivity contribution >= 4 is 9.24 Å². The summed E-state index contributed by atoms with van der Waals surface area (Å²) in [7, 11) is 2.91. The average molecular weight is 142 g/mol. The van der Waals surface area contributed by atoms with Crippen molar-refractivity contribution in [1.29, 1.82) is 0 Å². The molecule has 1 rings (SSSR count). The Hall–Kier alpha value is 0.170. The van der Waals surface area contributed by atoms with Crippen molar-refractivity contribution in [3.63, 3.8) is 0 Å². The molecule has 0 N–H and O–H groups in total. The molecule has 1 heteroatoms. The molecule has 0 aliphatic heterocycles. The maximum absolute atomic E-state index is 2.91. The average Bonchev–Trinajstić information content (AvgIpc) is 1.79. The lowest BCUT2D eigenvalue weighted by atomic mass is 10.1. The van der Waals surface area contributed by atoms with Crippen LogP contribution in [0, 0.1) is 0 Å². The van der Waals surface area contributed by atoms with E-state index in [1.54, 1.807) is 0 Å². The van der Waals surface area contributed by atoms with Crippen LogP contribution in [-0.2, 0) is 0 Å². The highest BCUT2D eigenvalue weighted by molar-refractivity contribution is 7.17. The van der Waals surface area contributed by atoms with Crippen molar-refractivity contribution in [3.8, 4) is 0 Å². The lowest BCUT2D eigenvalue weighted by molar-refractivity contribution is 0.649. The van der Waals surface area contributed by atoms with Crippen molar-refractivity contribution in [1.82, 2.24) is 0 Å². The summed E-state index contributed by atoms with van der Waals surface area (Å²) in [4.78, 5) is 0. The van der Waals surface area contributed by atoms with Gasteiger partial charge in [0.15, 0.2) is 0 Å². The molecule has 52 valence electrons. The molecule has 0 fully saturated rings. The van der Waals surface area contributed by atoms with Gasteiger partial charge in [0.05, 0.1) is 0 Å². The van der Waals surface area contributed by atoms with Crippen LogP contribution in [0.2, 0.25) is 0 Å². The van der Waals surface area contributed by atoms with Crippen LogP contribution >= 0.6 is 9.24 Å². The summed E-state index contributed by atoms with van der Waals surface area (Å²) < 4.78 is 0. The first kappa shape index (κ1) is 7.28. The summed E-state index contributed by atoms with van der Waals surface area (Å²) >= 11 is 0. The Morgan fingerprint density at radius 1 is 1.22 bits per heavy atom. The first-order valence-corrected chi connectivity index (χ1v) is 4.47. The van der Waals surface area contributed by atoms with Gasteiger partial charge in [-0.1, -0.05) is 18.6 Å². The molecule has 1 aliphatic rings. The van der Waals surface area contributed by atoms with E-state index in [1.807, 2.05) is 0 Å². The summed E-state index contributed by atoms with van der Waals surface area (Å²) in [5.41, 5.74) is 0.849. The summed E-state index contributed by atoms with van der Waals surface area (Å²) in [5, 5.41) is 0. The van der Waals surface area contributed by atoms with Crippen LogP contribution in [-0.4, -0.2) is 5.66 Å². The molecule has 1 aliphatic carbocycles. The van der Waals surface area contributed by atoms with Gasteiger partial charge in [0.1, 0.15) is 0 Å². The van der Waals surface area contributed by atoms with E-state index in [1.165, 1.54) is 32.1 Å². The van der Waals surface area contributed by atoms with Crippen LogP contribution in [0.15, 0.2) is 12.2 Å². The maximum atomic E-state index is 2.91. The maximum Gasteiger partial charge on any atom is -0.0230 e. The molecule has 0 spiro atoms. The lowest BCUT2D eigenvalue weighted by Crippen LogP contribution is -1.96. The molecular weight excluding hydrogens is 127 g/mol.